The maximum absolute atomic E-state index is 13.2. The third-order valence-electron chi connectivity index (χ3n) is 4.24. The molecule has 2 aromatic carbocycles. The van der Waals surface area contributed by atoms with Crippen LogP contribution >= 0.6 is 11.3 Å². The summed E-state index contributed by atoms with van der Waals surface area (Å²) in [6.45, 7) is 5.17. The highest BCUT2D eigenvalue weighted by Crippen LogP contribution is 2.37. The number of anilines is 1. The van der Waals surface area contributed by atoms with Gasteiger partial charge in [0.15, 0.2) is 0 Å². The number of hydrogen-bond donors (Lipinski definition) is 2. The van der Waals surface area contributed by atoms with Crippen molar-refractivity contribution in [1.82, 2.24) is 9.71 Å². The molecule has 0 aliphatic heterocycles. The Labute approximate surface area is 194 Å². The van der Waals surface area contributed by atoms with Crippen LogP contribution in [0.2, 0.25) is 0 Å². The number of benzene rings is 2. The van der Waals surface area contributed by atoms with Gasteiger partial charge in [-0.2, -0.15) is 0 Å². The van der Waals surface area contributed by atoms with Crippen molar-refractivity contribution in [1.29, 1.82) is 0 Å². The van der Waals surface area contributed by atoms with Gasteiger partial charge in [0.1, 0.15) is 5.01 Å². The standard InChI is InChI=1S/C21H22N4O6S2/c1-21(2,3)24-33(29,30)18-11-14(23-20(26)31-4)7-10-16(18)17-12-22-19(32-17)13-5-8-15(9-6-13)25(27)28/h5-12,24H,1-4H3,(H,23,26). The molecule has 1 aromatic heterocycles. The fraction of sp³-hybridized carbons (Fsp3) is 0.238. The number of carbonyl (C=O) groups excluding carboxylic acids is 1. The van der Waals surface area contributed by atoms with E-state index < -0.39 is 26.6 Å². The van der Waals surface area contributed by atoms with E-state index in [4.69, 9.17) is 0 Å². The van der Waals surface area contributed by atoms with Crippen LogP contribution in [0.25, 0.3) is 21.0 Å². The SMILES string of the molecule is COC(=O)Nc1ccc(-c2cnc(-c3ccc([N+](=O)[O-])cc3)s2)c(S(=O)(=O)NC(C)(C)C)c1. The Morgan fingerprint density at radius 3 is 2.39 bits per heavy atom. The van der Waals surface area contributed by atoms with Crippen molar-refractivity contribution in [3.8, 4) is 21.0 Å². The number of rotatable bonds is 6. The number of hydrogen-bond acceptors (Lipinski definition) is 8. The molecule has 0 saturated carbocycles. The van der Waals surface area contributed by atoms with E-state index in [1.165, 1.54) is 36.6 Å². The quantitative estimate of drug-likeness (QED) is 0.379. The first-order valence-electron chi connectivity index (χ1n) is 9.63. The second-order valence-electron chi connectivity index (χ2n) is 8.02. The number of ether oxygens (including phenoxy) is 1. The number of thiazole rings is 1. The van der Waals surface area contributed by atoms with Crippen LogP contribution < -0.4 is 10.0 Å². The van der Waals surface area contributed by atoms with E-state index in [1.807, 2.05) is 0 Å². The number of sulfonamides is 1. The number of aromatic nitrogens is 1. The molecule has 0 atom stereocenters. The average Bonchev–Trinajstić information content (AvgIpc) is 3.22. The van der Waals surface area contributed by atoms with Gasteiger partial charge < -0.3 is 4.74 Å². The van der Waals surface area contributed by atoms with Crippen molar-refractivity contribution >= 4 is 38.8 Å². The second-order valence-corrected chi connectivity index (χ2v) is 10.7. The number of non-ortho nitro benzene ring substituents is 1. The van der Waals surface area contributed by atoms with E-state index in [9.17, 15) is 23.3 Å². The lowest BCUT2D eigenvalue weighted by molar-refractivity contribution is -0.384. The van der Waals surface area contributed by atoms with Crippen LogP contribution in [-0.2, 0) is 14.8 Å². The number of methoxy groups -OCH3 is 1. The molecule has 12 heteroatoms. The number of carbonyl (C=O) groups is 1. The first kappa shape index (κ1) is 24.3. The Balaban J connectivity index is 2.06. The molecule has 1 heterocycles. The van der Waals surface area contributed by atoms with Crippen molar-refractivity contribution < 1.29 is 22.9 Å². The number of amides is 1. The molecule has 0 fully saturated rings. The summed E-state index contributed by atoms with van der Waals surface area (Å²) < 4.78 is 33.6. The van der Waals surface area contributed by atoms with E-state index in [-0.39, 0.29) is 16.3 Å². The summed E-state index contributed by atoms with van der Waals surface area (Å²) in [6, 6.07) is 10.4. The van der Waals surface area contributed by atoms with Gasteiger partial charge in [-0.05, 0) is 45.0 Å². The van der Waals surface area contributed by atoms with Gasteiger partial charge in [-0.25, -0.2) is 22.9 Å². The molecule has 33 heavy (non-hydrogen) atoms. The van der Waals surface area contributed by atoms with Gasteiger partial charge in [-0.15, -0.1) is 11.3 Å². The van der Waals surface area contributed by atoms with E-state index in [2.05, 4.69) is 19.8 Å². The molecule has 0 aliphatic rings. The van der Waals surface area contributed by atoms with Gasteiger partial charge in [-0.3, -0.25) is 15.4 Å². The Morgan fingerprint density at radius 2 is 1.82 bits per heavy atom. The fourth-order valence-electron chi connectivity index (χ4n) is 2.91. The number of nitro benzene ring substituents is 1. The Kier molecular flexibility index (Phi) is 6.81. The number of nitrogens with one attached hydrogen (secondary N) is 2. The minimum atomic E-state index is -3.97. The molecular formula is C21H22N4O6S2. The molecule has 0 bridgehead atoms. The van der Waals surface area contributed by atoms with Gasteiger partial charge in [0, 0.05) is 40.7 Å². The second kappa shape index (κ2) is 9.25. The molecule has 0 radical (unpaired) electrons. The van der Waals surface area contributed by atoms with Crippen molar-refractivity contribution in [2.45, 2.75) is 31.2 Å². The molecule has 1 amide bonds. The fourth-order valence-corrected chi connectivity index (χ4v) is 5.60. The van der Waals surface area contributed by atoms with Gasteiger partial charge in [-0.1, -0.05) is 6.07 Å². The molecule has 174 valence electrons. The maximum Gasteiger partial charge on any atom is 0.411 e. The molecule has 0 aliphatic carbocycles. The summed E-state index contributed by atoms with van der Waals surface area (Å²) in [5, 5.41) is 13.9. The summed E-state index contributed by atoms with van der Waals surface area (Å²) in [7, 11) is -2.76. The molecule has 0 unspecified atom stereocenters. The highest BCUT2D eigenvalue weighted by atomic mass is 32.2. The topological polar surface area (TPSA) is 141 Å². The molecule has 10 nitrogen and oxygen atoms in total. The Morgan fingerprint density at radius 1 is 1.15 bits per heavy atom. The highest BCUT2D eigenvalue weighted by molar-refractivity contribution is 7.89. The predicted molar refractivity (Wildman–Crippen MR) is 126 cm³/mol. The van der Waals surface area contributed by atoms with Gasteiger partial charge in [0.2, 0.25) is 10.0 Å². The minimum Gasteiger partial charge on any atom is -0.453 e. The molecule has 3 rings (SSSR count). The van der Waals surface area contributed by atoms with Gasteiger partial charge in [0.25, 0.3) is 5.69 Å². The van der Waals surface area contributed by atoms with Crippen LogP contribution in [0.1, 0.15) is 20.8 Å². The molecule has 0 spiro atoms. The van der Waals surface area contributed by atoms with Crippen LogP contribution in [0.4, 0.5) is 16.2 Å². The van der Waals surface area contributed by atoms with Crippen molar-refractivity contribution in [3.63, 3.8) is 0 Å². The van der Waals surface area contributed by atoms with E-state index >= 15 is 0 Å². The highest BCUT2D eigenvalue weighted by Gasteiger charge is 2.26. The van der Waals surface area contributed by atoms with E-state index in [0.717, 1.165) is 0 Å². The average molecular weight is 491 g/mol. The summed E-state index contributed by atoms with van der Waals surface area (Å²) in [6.07, 6.45) is 0.813. The first-order valence-corrected chi connectivity index (χ1v) is 11.9. The van der Waals surface area contributed by atoms with Crippen LogP contribution in [-0.4, -0.2) is 37.1 Å². The predicted octanol–water partition coefficient (Wildman–Crippen LogP) is 4.64. The number of nitro groups is 1. The van der Waals surface area contributed by atoms with Crippen LogP contribution in [0.15, 0.2) is 53.6 Å². The zero-order valence-corrected chi connectivity index (χ0v) is 19.9. The summed E-state index contributed by atoms with van der Waals surface area (Å²) in [4.78, 5) is 26.9. The van der Waals surface area contributed by atoms with E-state index in [0.29, 0.717) is 21.0 Å². The summed E-state index contributed by atoms with van der Waals surface area (Å²) >= 11 is 1.24. The van der Waals surface area contributed by atoms with Gasteiger partial charge in [0.05, 0.1) is 21.8 Å². The van der Waals surface area contributed by atoms with E-state index in [1.54, 1.807) is 51.2 Å². The third kappa shape index (κ3) is 5.92. The molecule has 2 N–H and O–H groups in total. The largest absolute Gasteiger partial charge is 0.453 e. The molecule has 3 aromatic rings. The third-order valence-corrected chi connectivity index (χ3v) is 7.12. The lowest BCUT2D eigenvalue weighted by Gasteiger charge is -2.22. The molecule has 0 saturated heterocycles. The normalized spacial score (nSPS) is 11.8. The van der Waals surface area contributed by atoms with Crippen molar-refractivity contribution in [2.75, 3.05) is 12.4 Å². The summed E-state index contributed by atoms with van der Waals surface area (Å²) in [5.74, 6) is 0. The lowest BCUT2D eigenvalue weighted by Crippen LogP contribution is -2.40. The number of nitrogens with zero attached hydrogens (tertiary/aromatic N) is 2. The smallest absolute Gasteiger partial charge is 0.411 e. The summed E-state index contributed by atoms with van der Waals surface area (Å²) in [5.41, 5.74) is 0.538. The van der Waals surface area contributed by atoms with Crippen molar-refractivity contribution in [3.05, 3.63) is 58.8 Å². The van der Waals surface area contributed by atoms with Crippen molar-refractivity contribution in [2.24, 2.45) is 0 Å². The zero-order chi connectivity index (χ0) is 24.4. The lowest BCUT2D eigenvalue weighted by atomic mass is 10.1. The first-order chi connectivity index (χ1) is 15.4. The Hall–Kier alpha value is -3.35. The van der Waals surface area contributed by atoms with Gasteiger partial charge >= 0.3 is 6.09 Å². The van der Waals surface area contributed by atoms with Crippen LogP contribution in [0, 0.1) is 10.1 Å². The Bertz CT molecular complexity index is 1300. The monoisotopic (exact) mass is 490 g/mol. The maximum atomic E-state index is 13.2. The van der Waals surface area contributed by atoms with Crippen LogP contribution in [0.3, 0.4) is 0 Å². The zero-order valence-electron chi connectivity index (χ0n) is 18.3. The minimum absolute atomic E-state index is 0.0362. The molecular weight excluding hydrogens is 468 g/mol. The van der Waals surface area contributed by atoms with Crippen LogP contribution in [0.5, 0.6) is 0 Å².